The molecule has 1 rings (SSSR count). The number of rotatable bonds is 7. The molecule has 0 aliphatic carbocycles. The van der Waals surface area contributed by atoms with Gasteiger partial charge < -0.3 is 10.6 Å². The molecule has 1 aromatic carbocycles. The van der Waals surface area contributed by atoms with Crippen LogP contribution in [-0.4, -0.2) is 38.9 Å². The molecule has 0 unspecified atom stereocenters. The van der Waals surface area contributed by atoms with Crippen LogP contribution in [0.3, 0.4) is 0 Å². The highest BCUT2D eigenvalue weighted by atomic mass is 35.5. The molecule has 7 heteroatoms. The van der Waals surface area contributed by atoms with Crippen molar-refractivity contribution in [3.8, 4) is 0 Å². The second-order valence-electron chi connectivity index (χ2n) is 3.81. The Morgan fingerprint density at radius 3 is 2.42 bits per heavy atom. The SMILES string of the molecule is CCS(=O)(=O)CCNC(=O)CNc1ccccc1.Cl. The third-order valence-corrected chi connectivity index (χ3v) is 4.11. The van der Waals surface area contributed by atoms with Crippen LogP contribution >= 0.6 is 12.4 Å². The Balaban J connectivity index is 0.00000324. The molecule has 5 nitrogen and oxygen atoms in total. The third kappa shape index (κ3) is 7.69. The van der Waals surface area contributed by atoms with Gasteiger partial charge in [-0.05, 0) is 12.1 Å². The molecule has 0 heterocycles. The molecule has 0 aromatic heterocycles. The number of anilines is 1. The number of para-hydroxylation sites is 1. The molecule has 0 radical (unpaired) electrons. The largest absolute Gasteiger partial charge is 0.376 e. The van der Waals surface area contributed by atoms with E-state index in [9.17, 15) is 13.2 Å². The van der Waals surface area contributed by atoms with Gasteiger partial charge in [-0.2, -0.15) is 0 Å². The van der Waals surface area contributed by atoms with Gasteiger partial charge in [-0.1, -0.05) is 25.1 Å². The summed E-state index contributed by atoms with van der Waals surface area (Å²) in [6, 6.07) is 9.34. The summed E-state index contributed by atoms with van der Waals surface area (Å²) in [7, 11) is -3.02. The highest BCUT2D eigenvalue weighted by molar-refractivity contribution is 7.91. The van der Waals surface area contributed by atoms with Crippen LogP contribution in [-0.2, 0) is 14.6 Å². The van der Waals surface area contributed by atoms with Crippen LogP contribution < -0.4 is 10.6 Å². The summed E-state index contributed by atoms with van der Waals surface area (Å²) in [5.41, 5.74) is 0.855. The van der Waals surface area contributed by atoms with E-state index in [1.807, 2.05) is 30.3 Å². The Labute approximate surface area is 120 Å². The molecular weight excluding hydrogens is 288 g/mol. The number of carbonyl (C=O) groups is 1. The van der Waals surface area contributed by atoms with E-state index in [2.05, 4.69) is 10.6 Å². The number of hydrogen-bond donors (Lipinski definition) is 2. The van der Waals surface area contributed by atoms with E-state index in [1.54, 1.807) is 6.92 Å². The van der Waals surface area contributed by atoms with Crippen molar-refractivity contribution in [1.29, 1.82) is 0 Å². The summed E-state index contributed by atoms with van der Waals surface area (Å²) < 4.78 is 22.4. The van der Waals surface area contributed by atoms with Gasteiger partial charge in [0.2, 0.25) is 5.91 Å². The lowest BCUT2D eigenvalue weighted by atomic mass is 10.3. The van der Waals surface area contributed by atoms with Crippen molar-refractivity contribution < 1.29 is 13.2 Å². The van der Waals surface area contributed by atoms with Gasteiger partial charge in [-0.25, -0.2) is 8.42 Å². The molecule has 19 heavy (non-hydrogen) atoms. The van der Waals surface area contributed by atoms with E-state index < -0.39 is 9.84 Å². The molecule has 0 aliphatic rings. The average Bonchev–Trinajstić information content (AvgIpc) is 2.37. The molecule has 108 valence electrons. The Hall–Kier alpha value is -1.27. The van der Waals surface area contributed by atoms with Crippen molar-refractivity contribution in [2.24, 2.45) is 0 Å². The maximum absolute atomic E-state index is 11.4. The highest BCUT2D eigenvalue weighted by Gasteiger charge is 2.07. The standard InChI is InChI=1S/C12H18N2O3S.ClH/c1-2-18(16,17)9-8-13-12(15)10-14-11-6-4-3-5-7-11;/h3-7,14H,2,8-10H2,1H3,(H,13,15);1H. The predicted molar refractivity (Wildman–Crippen MR) is 79.5 cm³/mol. The molecule has 0 spiro atoms. The van der Waals surface area contributed by atoms with E-state index in [1.165, 1.54) is 0 Å². The Kier molecular flexibility index (Phi) is 8.18. The zero-order chi connectivity index (χ0) is 13.4. The lowest BCUT2D eigenvalue weighted by Gasteiger charge is -2.07. The summed E-state index contributed by atoms with van der Waals surface area (Å²) in [5.74, 6) is -0.128. The topological polar surface area (TPSA) is 75.3 Å². The zero-order valence-electron chi connectivity index (χ0n) is 10.8. The normalized spacial score (nSPS) is 10.4. The van der Waals surface area contributed by atoms with Gasteiger partial charge in [0.25, 0.3) is 0 Å². The van der Waals surface area contributed by atoms with Crippen molar-refractivity contribution in [3.05, 3.63) is 30.3 Å². The van der Waals surface area contributed by atoms with Gasteiger partial charge in [0.1, 0.15) is 0 Å². The minimum Gasteiger partial charge on any atom is -0.376 e. The molecule has 0 saturated heterocycles. The molecule has 2 N–H and O–H groups in total. The first kappa shape index (κ1) is 17.7. The first-order valence-electron chi connectivity index (χ1n) is 5.79. The van der Waals surface area contributed by atoms with Crippen molar-refractivity contribution in [1.82, 2.24) is 5.32 Å². The lowest BCUT2D eigenvalue weighted by molar-refractivity contribution is -0.119. The Morgan fingerprint density at radius 1 is 1.21 bits per heavy atom. The van der Waals surface area contributed by atoms with Gasteiger partial charge in [0, 0.05) is 18.0 Å². The molecule has 0 atom stereocenters. The molecule has 0 saturated carbocycles. The summed E-state index contributed by atoms with van der Waals surface area (Å²) in [6.45, 7) is 1.88. The van der Waals surface area contributed by atoms with Crippen LogP contribution in [0.15, 0.2) is 30.3 Å². The minimum atomic E-state index is -3.02. The molecule has 1 amide bonds. The van der Waals surface area contributed by atoms with Gasteiger partial charge in [0.05, 0.1) is 12.3 Å². The summed E-state index contributed by atoms with van der Waals surface area (Å²) >= 11 is 0. The molecule has 0 aliphatic heterocycles. The smallest absolute Gasteiger partial charge is 0.239 e. The third-order valence-electron chi connectivity index (χ3n) is 2.40. The van der Waals surface area contributed by atoms with Crippen molar-refractivity contribution in [2.45, 2.75) is 6.92 Å². The van der Waals surface area contributed by atoms with Crippen LogP contribution in [0.1, 0.15) is 6.92 Å². The number of benzene rings is 1. The van der Waals surface area contributed by atoms with Crippen LogP contribution in [0, 0.1) is 0 Å². The number of nitrogens with one attached hydrogen (secondary N) is 2. The van der Waals surface area contributed by atoms with Gasteiger partial charge >= 0.3 is 0 Å². The second kappa shape index (κ2) is 8.77. The second-order valence-corrected chi connectivity index (χ2v) is 6.28. The van der Waals surface area contributed by atoms with E-state index in [4.69, 9.17) is 0 Å². The number of amides is 1. The van der Waals surface area contributed by atoms with Crippen molar-refractivity contribution in [2.75, 3.05) is 29.9 Å². The van der Waals surface area contributed by atoms with Crippen LogP contribution in [0.4, 0.5) is 5.69 Å². The van der Waals surface area contributed by atoms with E-state index in [0.717, 1.165) is 5.69 Å². The van der Waals surface area contributed by atoms with E-state index in [-0.39, 0.29) is 42.9 Å². The Bertz CT molecular complexity index is 477. The highest BCUT2D eigenvalue weighted by Crippen LogP contribution is 2.03. The van der Waals surface area contributed by atoms with E-state index in [0.29, 0.717) is 0 Å². The summed E-state index contributed by atoms with van der Waals surface area (Å²) in [6.07, 6.45) is 0. The average molecular weight is 307 g/mol. The van der Waals surface area contributed by atoms with Gasteiger partial charge in [-0.15, -0.1) is 12.4 Å². The van der Waals surface area contributed by atoms with Gasteiger partial charge in [0.15, 0.2) is 9.84 Å². The maximum atomic E-state index is 11.4. The zero-order valence-corrected chi connectivity index (χ0v) is 12.4. The fraction of sp³-hybridized carbons (Fsp3) is 0.417. The number of hydrogen-bond acceptors (Lipinski definition) is 4. The fourth-order valence-electron chi connectivity index (χ4n) is 1.29. The first-order chi connectivity index (χ1) is 8.53. The minimum absolute atomic E-state index is 0. The van der Waals surface area contributed by atoms with Crippen molar-refractivity contribution >= 4 is 33.8 Å². The number of carbonyl (C=O) groups excluding carboxylic acids is 1. The monoisotopic (exact) mass is 306 g/mol. The summed E-state index contributed by atoms with van der Waals surface area (Å²) in [5, 5.41) is 5.51. The maximum Gasteiger partial charge on any atom is 0.239 e. The van der Waals surface area contributed by atoms with Gasteiger partial charge in [-0.3, -0.25) is 4.79 Å². The lowest BCUT2D eigenvalue weighted by Crippen LogP contribution is -2.33. The van der Waals surface area contributed by atoms with E-state index >= 15 is 0 Å². The number of sulfone groups is 1. The molecule has 0 bridgehead atoms. The molecular formula is C12H19ClN2O3S. The predicted octanol–water partition coefficient (Wildman–Crippen LogP) is 1.07. The van der Waals surface area contributed by atoms with Crippen LogP contribution in [0.25, 0.3) is 0 Å². The van der Waals surface area contributed by atoms with Crippen LogP contribution in [0.2, 0.25) is 0 Å². The fourth-order valence-corrected chi connectivity index (χ4v) is 1.99. The first-order valence-corrected chi connectivity index (χ1v) is 7.61. The quantitative estimate of drug-likeness (QED) is 0.790. The van der Waals surface area contributed by atoms with Crippen molar-refractivity contribution in [3.63, 3.8) is 0 Å². The van der Waals surface area contributed by atoms with Crippen LogP contribution in [0.5, 0.6) is 0 Å². The molecule has 1 aromatic rings. The molecule has 0 fully saturated rings. The summed E-state index contributed by atoms with van der Waals surface area (Å²) in [4.78, 5) is 11.4. The Morgan fingerprint density at radius 2 is 1.84 bits per heavy atom. The number of halogens is 1.